The molecule has 0 bridgehead atoms. The molecular formula is C24H18N4O4S3. The Kier molecular flexibility index (Phi) is 7.91. The van der Waals surface area contributed by atoms with Crippen LogP contribution in [0.3, 0.4) is 0 Å². The van der Waals surface area contributed by atoms with E-state index < -0.39 is 16.6 Å². The molecule has 0 aliphatic heterocycles. The van der Waals surface area contributed by atoms with Gasteiger partial charge in [-0.2, -0.15) is 9.36 Å². The smallest absolute Gasteiger partial charge is 0.283 e. The number of rotatable bonds is 9. The molecule has 3 aromatic carbocycles. The Morgan fingerprint density at radius 1 is 1.03 bits per heavy atom. The second kappa shape index (κ2) is 11.3. The Bertz CT molecular complexity index is 1390. The van der Waals surface area contributed by atoms with Crippen LogP contribution in [0.2, 0.25) is 0 Å². The zero-order chi connectivity index (χ0) is 24.8. The van der Waals surface area contributed by atoms with Crippen molar-refractivity contribution in [1.29, 1.82) is 0 Å². The van der Waals surface area contributed by atoms with Crippen LogP contribution in [0.25, 0.3) is 0 Å². The minimum Gasteiger partial charge on any atom is -0.297 e. The highest BCUT2D eigenvalue weighted by atomic mass is 32.2. The predicted molar refractivity (Wildman–Crippen MR) is 139 cm³/mol. The molecule has 0 saturated carbocycles. The molecule has 0 aliphatic carbocycles. The number of benzene rings is 3. The second-order valence-electron chi connectivity index (χ2n) is 7.13. The maximum absolute atomic E-state index is 13.2. The van der Waals surface area contributed by atoms with Crippen molar-refractivity contribution in [1.82, 2.24) is 9.36 Å². The first-order valence-corrected chi connectivity index (χ1v) is 13.2. The van der Waals surface area contributed by atoms with Crippen molar-refractivity contribution in [2.24, 2.45) is 0 Å². The number of carbonyl (C=O) groups excluding carboxylic acids is 2. The summed E-state index contributed by atoms with van der Waals surface area (Å²) in [6, 6.07) is 20.5. The number of nitrogens with zero attached hydrogens (tertiary/aromatic N) is 3. The molecule has 8 nitrogen and oxygen atoms in total. The Morgan fingerprint density at radius 3 is 2.46 bits per heavy atom. The van der Waals surface area contributed by atoms with Crippen LogP contribution in [0.1, 0.15) is 31.8 Å². The molecule has 0 spiro atoms. The van der Waals surface area contributed by atoms with Crippen molar-refractivity contribution < 1.29 is 14.5 Å². The van der Waals surface area contributed by atoms with Gasteiger partial charge in [0.25, 0.3) is 11.6 Å². The molecule has 0 saturated heterocycles. The van der Waals surface area contributed by atoms with E-state index in [0.717, 1.165) is 17.1 Å². The van der Waals surface area contributed by atoms with Crippen LogP contribution in [0, 0.1) is 10.1 Å². The number of nitro groups is 1. The maximum Gasteiger partial charge on any atom is 0.283 e. The van der Waals surface area contributed by atoms with Gasteiger partial charge in [0.2, 0.25) is 10.3 Å². The largest absolute Gasteiger partial charge is 0.297 e. The number of nitrogens with one attached hydrogen (secondary N) is 1. The highest BCUT2D eigenvalue weighted by Crippen LogP contribution is 2.30. The average molecular weight is 523 g/mol. The third-order valence-electron chi connectivity index (χ3n) is 4.89. The van der Waals surface area contributed by atoms with E-state index in [1.54, 1.807) is 18.4 Å². The molecule has 0 fully saturated rings. The fourth-order valence-electron chi connectivity index (χ4n) is 3.21. The first kappa shape index (κ1) is 24.6. The van der Waals surface area contributed by atoms with Crippen LogP contribution in [-0.2, 0) is 5.75 Å². The average Bonchev–Trinajstić information content (AvgIpc) is 3.34. The Hall–Kier alpha value is -3.54. The van der Waals surface area contributed by atoms with Crippen molar-refractivity contribution in [3.63, 3.8) is 0 Å². The van der Waals surface area contributed by atoms with Crippen LogP contribution in [0.15, 0.2) is 82.8 Å². The number of thioether (sulfide) groups is 2. The van der Waals surface area contributed by atoms with Crippen LogP contribution in [0.4, 0.5) is 10.8 Å². The Balaban J connectivity index is 1.51. The van der Waals surface area contributed by atoms with Crippen molar-refractivity contribution in [3.8, 4) is 0 Å². The van der Waals surface area contributed by atoms with E-state index in [1.807, 2.05) is 30.3 Å². The minimum atomic E-state index is -0.524. The van der Waals surface area contributed by atoms with Gasteiger partial charge in [0.05, 0.1) is 15.4 Å². The lowest BCUT2D eigenvalue weighted by molar-refractivity contribution is -0.387. The molecule has 4 rings (SSSR count). The summed E-state index contributed by atoms with van der Waals surface area (Å²) < 4.78 is 4.27. The van der Waals surface area contributed by atoms with Crippen LogP contribution >= 0.6 is 35.1 Å². The van der Waals surface area contributed by atoms with E-state index in [4.69, 9.17) is 0 Å². The van der Waals surface area contributed by atoms with Crippen LogP contribution in [-0.4, -0.2) is 32.2 Å². The summed E-state index contributed by atoms with van der Waals surface area (Å²) in [5.41, 5.74) is 1.39. The van der Waals surface area contributed by atoms with Crippen LogP contribution < -0.4 is 5.32 Å². The number of hydrogen-bond donors (Lipinski definition) is 1. The van der Waals surface area contributed by atoms with Gasteiger partial charge in [-0.05, 0) is 30.0 Å². The van der Waals surface area contributed by atoms with Gasteiger partial charge in [-0.3, -0.25) is 25.0 Å². The summed E-state index contributed by atoms with van der Waals surface area (Å²) in [5, 5.41) is 15.0. The zero-order valence-corrected chi connectivity index (χ0v) is 20.8. The Labute approximate surface area is 213 Å². The lowest BCUT2D eigenvalue weighted by atomic mass is 9.97. The van der Waals surface area contributed by atoms with E-state index in [1.165, 1.54) is 53.9 Å². The third kappa shape index (κ3) is 5.94. The number of aromatic nitrogens is 2. The van der Waals surface area contributed by atoms with Crippen molar-refractivity contribution >= 4 is 57.6 Å². The van der Waals surface area contributed by atoms with Crippen LogP contribution in [0.5, 0.6) is 0 Å². The normalized spacial score (nSPS) is 10.7. The number of hydrogen-bond acceptors (Lipinski definition) is 9. The van der Waals surface area contributed by atoms with Gasteiger partial charge in [-0.1, -0.05) is 60.3 Å². The van der Waals surface area contributed by atoms with E-state index in [-0.39, 0.29) is 22.4 Å². The van der Waals surface area contributed by atoms with Gasteiger partial charge >= 0.3 is 0 Å². The van der Waals surface area contributed by atoms with Gasteiger partial charge in [0, 0.05) is 34.5 Å². The maximum atomic E-state index is 13.2. The van der Waals surface area contributed by atoms with Gasteiger partial charge in [0.1, 0.15) is 0 Å². The highest BCUT2D eigenvalue weighted by molar-refractivity contribution is 7.98. The van der Waals surface area contributed by atoms with E-state index in [0.29, 0.717) is 20.9 Å². The number of amides is 1. The minimum absolute atomic E-state index is 0.130. The predicted octanol–water partition coefficient (Wildman–Crippen LogP) is 5.94. The fraction of sp³-hybridized carbons (Fsp3) is 0.0833. The first-order chi connectivity index (χ1) is 17.0. The number of carbonyl (C=O) groups is 2. The number of ketones is 1. The van der Waals surface area contributed by atoms with Gasteiger partial charge in [0.15, 0.2) is 5.78 Å². The number of anilines is 1. The highest BCUT2D eigenvalue weighted by Gasteiger charge is 2.22. The van der Waals surface area contributed by atoms with Crippen molar-refractivity contribution in [2.75, 3.05) is 11.6 Å². The summed E-state index contributed by atoms with van der Waals surface area (Å²) in [6.45, 7) is 0. The molecular weight excluding hydrogens is 504 g/mol. The summed E-state index contributed by atoms with van der Waals surface area (Å²) in [7, 11) is 0. The molecule has 176 valence electrons. The third-order valence-corrected chi connectivity index (χ3v) is 7.34. The molecule has 11 heteroatoms. The lowest BCUT2D eigenvalue weighted by Crippen LogP contribution is -2.17. The standard InChI is InChI=1S/C24H18N4O4S3/c1-33-20-12-11-16(13-19(20)28(31)32)21(29)17-9-5-6-10-18(17)22(30)25-23-26-24(27-35-23)34-14-15-7-3-2-4-8-15/h2-13H,14H2,1H3,(H,25,26,27,30). The zero-order valence-electron chi connectivity index (χ0n) is 18.3. The van der Waals surface area contributed by atoms with Crippen molar-refractivity contribution in [3.05, 3.63) is 105 Å². The molecule has 0 radical (unpaired) electrons. The molecule has 1 aromatic heterocycles. The summed E-state index contributed by atoms with van der Waals surface area (Å²) in [5.74, 6) is -0.299. The summed E-state index contributed by atoms with van der Waals surface area (Å²) >= 11 is 3.73. The second-order valence-corrected chi connectivity index (χ2v) is 9.67. The number of nitro benzene ring substituents is 1. The molecule has 1 N–H and O–H groups in total. The van der Waals surface area contributed by atoms with E-state index >= 15 is 0 Å². The van der Waals surface area contributed by atoms with E-state index in [2.05, 4.69) is 14.7 Å². The van der Waals surface area contributed by atoms with E-state index in [9.17, 15) is 19.7 Å². The summed E-state index contributed by atoms with van der Waals surface area (Å²) in [4.78, 5) is 41.9. The van der Waals surface area contributed by atoms with Gasteiger partial charge in [-0.25, -0.2) is 0 Å². The monoisotopic (exact) mass is 522 g/mol. The molecule has 1 heterocycles. The van der Waals surface area contributed by atoms with Crippen molar-refractivity contribution in [2.45, 2.75) is 15.8 Å². The molecule has 0 aliphatic rings. The first-order valence-electron chi connectivity index (χ1n) is 10.2. The molecule has 0 atom stereocenters. The topological polar surface area (TPSA) is 115 Å². The summed E-state index contributed by atoms with van der Waals surface area (Å²) in [6.07, 6.45) is 1.72. The van der Waals surface area contributed by atoms with Gasteiger partial charge in [-0.15, -0.1) is 11.8 Å². The quantitative estimate of drug-likeness (QED) is 0.124. The molecule has 4 aromatic rings. The molecule has 35 heavy (non-hydrogen) atoms. The molecule has 0 unspecified atom stereocenters. The molecule has 1 amide bonds. The lowest BCUT2D eigenvalue weighted by Gasteiger charge is -2.09. The van der Waals surface area contributed by atoms with Gasteiger partial charge < -0.3 is 0 Å². The SMILES string of the molecule is CSc1ccc(C(=O)c2ccccc2C(=O)Nc2nc(SCc3ccccc3)ns2)cc1[N+](=O)[O-]. The Morgan fingerprint density at radius 2 is 1.74 bits per heavy atom. The fourth-order valence-corrected chi connectivity index (χ4v) is 5.26.